The molecule has 1 saturated heterocycles. The smallest absolute Gasteiger partial charge is 0.410 e. The van der Waals surface area contributed by atoms with Crippen molar-refractivity contribution in [2.45, 2.75) is 52.1 Å². The van der Waals surface area contributed by atoms with Crippen molar-refractivity contribution in [1.29, 1.82) is 0 Å². The highest BCUT2D eigenvalue weighted by atomic mass is 16.6. The van der Waals surface area contributed by atoms with Gasteiger partial charge in [0, 0.05) is 26.2 Å². The lowest BCUT2D eigenvalue weighted by Gasteiger charge is -2.33. The van der Waals surface area contributed by atoms with E-state index in [4.69, 9.17) is 4.74 Å². The second-order valence-corrected chi connectivity index (χ2v) is 8.14. The first kappa shape index (κ1) is 21.1. The molecule has 150 valence electrons. The fraction of sp³-hybridized carbons (Fsp3) is 0.619. The Labute approximate surface area is 162 Å². The van der Waals surface area contributed by atoms with Gasteiger partial charge in [-0.1, -0.05) is 30.3 Å². The van der Waals surface area contributed by atoms with E-state index in [1.165, 1.54) is 5.56 Å². The molecule has 0 unspecified atom stereocenters. The molecule has 0 radical (unpaired) electrons. The van der Waals surface area contributed by atoms with Gasteiger partial charge in [0.1, 0.15) is 5.60 Å². The van der Waals surface area contributed by atoms with Crippen molar-refractivity contribution in [3.8, 4) is 0 Å². The highest BCUT2D eigenvalue weighted by molar-refractivity contribution is 5.73. The Kier molecular flexibility index (Phi) is 7.95. The molecule has 0 aliphatic carbocycles. The van der Waals surface area contributed by atoms with Gasteiger partial charge in [-0.05, 0) is 57.9 Å². The first-order valence-electron chi connectivity index (χ1n) is 9.87. The monoisotopic (exact) mass is 375 g/mol. The van der Waals surface area contributed by atoms with Gasteiger partial charge in [0.15, 0.2) is 0 Å². The molecule has 1 aromatic rings. The molecule has 1 aliphatic rings. The van der Waals surface area contributed by atoms with Crippen LogP contribution in [0.25, 0.3) is 0 Å². The Balaban J connectivity index is 1.55. The van der Waals surface area contributed by atoms with Crippen LogP contribution in [0.3, 0.4) is 0 Å². The highest BCUT2D eigenvalue weighted by Crippen LogP contribution is 2.19. The van der Waals surface area contributed by atoms with Gasteiger partial charge in [0.25, 0.3) is 0 Å². The van der Waals surface area contributed by atoms with Crippen LogP contribution in [0.1, 0.15) is 45.6 Å². The molecule has 1 heterocycles. The fourth-order valence-electron chi connectivity index (χ4n) is 3.08. The standard InChI is InChI=1S/C21H33N3O3/c1-21(2,3)27-20(26)24-14-11-18(12-15-24)16-23-19(25)22-13-7-10-17-8-5-4-6-9-17/h4-6,8-9,18H,7,10-16H2,1-3H3,(H2,22,23,25). The molecule has 2 rings (SSSR count). The number of carbonyl (C=O) groups excluding carboxylic acids is 2. The molecular formula is C21H33N3O3. The lowest BCUT2D eigenvalue weighted by molar-refractivity contribution is 0.0184. The number of benzene rings is 1. The molecule has 0 aromatic heterocycles. The Morgan fingerprint density at radius 1 is 1.11 bits per heavy atom. The van der Waals surface area contributed by atoms with Crippen molar-refractivity contribution < 1.29 is 14.3 Å². The van der Waals surface area contributed by atoms with Crippen molar-refractivity contribution in [3.63, 3.8) is 0 Å². The van der Waals surface area contributed by atoms with E-state index >= 15 is 0 Å². The number of likely N-dealkylation sites (tertiary alicyclic amines) is 1. The van der Waals surface area contributed by atoms with Crippen LogP contribution in [0.2, 0.25) is 0 Å². The minimum atomic E-state index is -0.464. The van der Waals surface area contributed by atoms with E-state index in [0.717, 1.165) is 25.7 Å². The number of ether oxygens (including phenoxy) is 1. The van der Waals surface area contributed by atoms with Crippen LogP contribution in [0, 0.1) is 5.92 Å². The third-order valence-corrected chi connectivity index (χ3v) is 4.59. The predicted octanol–water partition coefficient (Wildman–Crippen LogP) is 3.57. The van der Waals surface area contributed by atoms with E-state index in [-0.39, 0.29) is 12.1 Å². The Morgan fingerprint density at radius 3 is 2.41 bits per heavy atom. The van der Waals surface area contributed by atoms with Gasteiger partial charge < -0.3 is 20.3 Å². The molecule has 0 bridgehead atoms. The average Bonchev–Trinajstić information content (AvgIpc) is 2.63. The zero-order valence-electron chi connectivity index (χ0n) is 16.8. The highest BCUT2D eigenvalue weighted by Gasteiger charge is 2.26. The molecule has 0 spiro atoms. The van der Waals surface area contributed by atoms with E-state index in [9.17, 15) is 9.59 Å². The molecule has 27 heavy (non-hydrogen) atoms. The molecule has 6 nitrogen and oxygen atoms in total. The maximum atomic E-state index is 12.1. The number of nitrogens with one attached hydrogen (secondary N) is 2. The third kappa shape index (κ3) is 8.33. The molecule has 1 fully saturated rings. The minimum Gasteiger partial charge on any atom is -0.444 e. The molecule has 1 aromatic carbocycles. The van der Waals surface area contributed by atoms with Gasteiger partial charge in [0.2, 0.25) is 0 Å². The number of urea groups is 1. The van der Waals surface area contributed by atoms with Gasteiger partial charge in [0.05, 0.1) is 0 Å². The molecule has 0 atom stereocenters. The first-order chi connectivity index (χ1) is 12.8. The molecule has 3 amide bonds. The lowest BCUT2D eigenvalue weighted by atomic mass is 9.97. The molecule has 2 N–H and O–H groups in total. The van der Waals surface area contributed by atoms with E-state index in [2.05, 4.69) is 22.8 Å². The van der Waals surface area contributed by atoms with Gasteiger partial charge in [-0.15, -0.1) is 0 Å². The molecule has 6 heteroatoms. The summed E-state index contributed by atoms with van der Waals surface area (Å²) in [5, 5.41) is 5.86. The Hall–Kier alpha value is -2.24. The van der Waals surface area contributed by atoms with Gasteiger partial charge in [-0.3, -0.25) is 0 Å². The van der Waals surface area contributed by atoms with Crippen LogP contribution in [-0.2, 0) is 11.2 Å². The normalized spacial score (nSPS) is 15.3. The summed E-state index contributed by atoms with van der Waals surface area (Å²) in [5.74, 6) is 0.402. The van der Waals surface area contributed by atoms with Gasteiger partial charge >= 0.3 is 12.1 Å². The van der Waals surface area contributed by atoms with E-state index < -0.39 is 5.60 Å². The summed E-state index contributed by atoms with van der Waals surface area (Å²) in [6.45, 7) is 8.30. The number of piperidine rings is 1. The fourth-order valence-corrected chi connectivity index (χ4v) is 3.08. The van der Waals surface area contributed by atoms with Crippen molar-refractivity contribution >= 4 is 12.1 Å². The number of hydrogen-bond donors (Lipinski definition) is 2. The maximum absolute atomic E-state index is 12.1. The average molecular weight is 376 g/mol. The number of hydrogen-bond acceptors (Lipinski definition) is 3. The van der Waals surface area contributed by atoms with E-state index in [1.807, 2.05) is 39.0 Å². The zero-order chi connectivity index (χ0) is 19.7. The van der Waals surface area contributed by atoms with Crippen LogP contribution in [0.5, 0.6) is 0 Å². The summed E-state index contributed by atoms with van der Waals surface area (Å²) in [4.78, 5) is 25.7. The summed E-state index contributed by atoms with van der Waals surface area (Å²) < 4.78 is 5.40. The molecular weight excluding hydrogens is 342 g/mol. The van der Waals surface area contributed by atoms with Crippen molar-refractivity contribution in [2.24, 2.45) is 5.92 Å². The number of rotatable bonds is 6. The Morgan fingerprint density at radius 2 is 1.78 bits per heavy atom. The third-order valence-electron chi connectivity index (χ3n) is 4.59. The Bertz CT molecular complexity index is 590. The number of nitrogens with zero attached hydrogens (tertiary/aromatic N) is 1. The second kappa shape index (κ2) is 10.2. The van der Waals surface area contributed by atoms with Gasteiger partial charge in [-0.2, -0.15) is 0 Å². The largest absolute Gasteiger partial charge is 0.444 e. The van der Waals surface area contributed by atoms with Crippen LogP contribution in [0.4, 0.5) is 9.59 Å². The number of amides is 3. The van der Waals surface area contributed by atoms with E-state index in [1.54, 1.807) is 4.90 Å². The summed E-state index contributed by atoms with van der Waals surface area (Å²) in [7, 11) is 0. The quantitative estimate of drug-likeness (QED) is 0.747. The zero-order valence-corrected chi connectivity index (χ0v) is 16.8. The molecule has 1 aliphatic heterocycles. The summed E-state index contributed by atoms with van der Waals surface area (Å²) >= 11 is 0. The van der Waals surface area contributed by atoms with Crippen LogP contribution in [-0.4, -0.2) is 48.8 Å². The predicted molar refractivity (Wildman–Crippen MR) is 107 cm³/mol. The summed E-state index contributed by atoms with van der Waals surface area (Å²) in [6.07, 6.45) is 3.40. The van der Waals surface area contributed by atoms with Gasteiger partial charge in [-0.25, -0.2) is 9.59 Å². The molecule has 0 saturated carbocycles. The number of aryl methyl sites for hydroxylation is 1. The summed E-state index contributed by atoms with van der Waals surface area (Å²) in [6, 6.07) is 10.2. The van der Waals surface area contributed by atoms with Crippen LogP contribution >= 0.6 is 0 Å². The summed E-state index contributed by atoms with van der Waals surface area (Å²) in [5.41, 5.74) is 0.824. The van der Waals surface area contributed by atoms with Crippen LogP contribution in [0.15, 0.2) is 30.3 Å². The van der Waals surface area contributed by atoms with Crippen molar-refractivity contribution in [2.75, 3.05) is 26.2 Å². The topological polar surface area (TPSA) is 70.7 Å². The SMILES string of the molecule is CC(C)(C)OC(=O)N1CCC(CNC(=O)NCCCc2ccccc2)CC1. The van der Waals surface area contributed by atoms with E-state index in [0.29, 0.717) is 32.1 Å². The number of carbonyl (C=O) groups is 2. The van der Waals surface area contributed by atoms with Crippen LogP contribution < -0.4 is 10.6 Å². The van der Waals surface area contributed by atoms with Crippen molar-refractivity contribution in [1.82, 2.24) is 15.5 Å². The lowest BCUT2D eigenvalue weighted by Crippen LogP contribution is -2.45. The maximum Gasteiger partial charge on any atom is 0.410 e. The minimum absolute atomic E-state index is 0.113. The second-order valence-electron chi connectivity index (χ2n) is 8.14. The first-order valence-corrected chi connectivity index (χ1v) is 9.87. The van der Waals surface area contributed by atoms with Crippen molar-refractivity contribution in [3.05, 3.63) is 35.9 Å².